The number of hydrogen-bond acceptors (Lipinski definition) is 5. The number of fused-ring (bicyclic) bond motifs is 2. The second-order valence-electron chi connectivity index (χ2n) is 8.82. The quantitative estimate of drug-likeness (QED) is 0.457. The van der Waals surface area contributed by atoms with Crippen molar-refractivity contribution in [3.05, 3.63) is 71.5 Å². The molecule has 6 nitrogen and oxygen atoms in total. The zero-order valence-corrected chi connectivity index (χ0v) is 18.9. The summed E-state index contributed by atoms with van der Waals surface area (Å²) < 4.78 is 13.2. The Morgan fingerprint density at radius 3 is 2.62 bits per heavy atom. The average molecular weight is 433 g/mol. The number of aliphatic hydroxyl groups is 1. The first-order valence-corrected chi connectivity index (χ1v) is 10.7. The van der Waals surface area contributed by atoms with Crippen molar-refractivity contribution in [1.82, 2.24) is 9.55 Å². The Bertz CT molecular complexity index is 1280. The molecule has 4 aromatic rings. The van der Waals surface area contributed by atoms with Crippen molar-refractivity contribution in [1.29, 1.82) is 0 Å². The fraction of sp³-hybridized carbons (Fsp3) is 0.308. The van der Waals surface area contributed by atoms with Crippen LogP contribution >= 0.6 is 0 Å². The predicted molar refractivity (Wildman–Crippen MR) is 125 cm³/mol. The van der Waals surface area contributed by atoms with Gasteiger partial charge in [-0.05, 0) is 70.0 Å². The number of aromatic nitrogens is 2. The Morgan fingerprint density at radius 1 is 1.09 bits per heavy atom. The minimum absolute atomic E-state index is 0.0135. The molecule has 32 heavy (non-hydrogen) atoms. The summed E-state index contributed by atoms with van der Waals surface area (Å²) in [6, 6.07) is 17.6. The summed E-state index contributed by atoms with van der Waals surface area (Å²) in [5.41, 5.74) is 3.56. The molecule has 4 rings (SSSR count). The molecule has 2 aromatic heterocycles. The van der Waals surface area contributed by atoms with Gasteiger partial charge in [0.2, 0.25) is 0 Å². The minimum atomic E-state index is -0.604. The number of hydrogen-bond donors (Lipinski definition) is 1. The van der Waals surface area contributed by atoms with E-state index in [-0.39, 0.29) is 6.61 Å². The average Bonchev–Trinajstić information content (AvgIpc) is 3.02. The number of ether oxygens (including phenoxy) is 2. The number of nitrogens with zero attached hydrogens (tertiary/aromatic N) is 2. The molecule has 6 heteroatoms. The van der Waals surface area contributed by atoms with E-state index in [2.05, 4.69) is 4.98 Å². The summed E-state index contributed by atoms with van der Waals surface area (Å²) in [7, 11) is 0. The van der Waals surface area contributed by atoms with Gasteiger partial charge in [-0.15, -0.1) is 0 Å². The van der Waals surface area contributed by atoms with E-state index in [1.807, 2.05) is 82.3 Å². The molecular weight excluding hydrogens is 404 g/mol. The van der Waals surface area contributed by atoms with Crippen LogP contribution in [0.25, 0.3) is 21.8 Å². The van der Waals surface area contributed by atoms with Gasteiger partial charge in [0, 0.05) is 23.1 Å². The molecule has 0 radical (unpaired) electrons. The standard InChI is InChI=1S/C26H28N2O4/c1-17-21(13-14-29)22-15-20(11-12-24(22)28(17)25(30)32-26(2,3)4)31-16-19-10-9-18-7-5-6-8-23(18)27-19/h5-12,15,29H,13-14,16H2,1-4H3. The molecule has 0 fully saturated rings. The first-order chi connectivity index (χ1) is 15.3. The third-order valence-corrected chi connectivity index (χ3v) is 5.29. The van der Waals surface area contributed by atoms with Crippen LogP contribution in [0.3, 0.4) is 0 Å². The van der Waals surface area contributed by atoms with Gasteiger partial charge in [0.1, 0.15) is 18.0 Å². The van der Waals surface area contributed by atoms with E-state index < -0.39 is 11.7 Å². The van der Waals surface area contributed by atoms with Crippen LogP contribution < -0.4 is 4.74 Å². The normalized spacial score (nSPS) is 11.8. The highest BCUT2D eigenvalue weighted by Crippen LogP contribution is 2.31. The van der Waals surface area contributed by atoms with E-state index in [0.29, 0.717) is 18.8 Å². The molecule has 0 saturated carbocycles. The Balaban J connectivity index is 1.64. The van der Waals surface area contributed by atoms with Crippen LogP contribution in [0.15, 0.2) is 54.6 Å². The number of rotatable bonds is 5. The lowest BCUT2D eigenvalue weighted by molar-refractivity contribution is 0.0541. The zero-order valence-electron chi connectivity index (χ0n) is 18.9. The monoisotopic (exact) mass is 432 g/mol. The van der Waals surface area contributed by atoms with E-state index in [0.717, 1.165) is 38.8 Å². The molecule has 0 aliphatic carbocycles. The molecule has 0 bridgehead atoms. The summed E-state index contributed by atoms with van der Waals surface area (Å²) in [5.74, 6) is 0.674. The van der Waals surface area contributed by atoms with Crippen LogP contribution in [0.1, 0.15) is 37.7 Å². The van der Waals surface area contributed by atoms with Gasteiger partial charge < -0.3 is 14.6 Å². The lowest BCUT2D eigenvalue weighted by atomic mass is 10.1. The number of para-hydroxylation sites is 1. The predicted octanol–water partition coefficient (Wildman–Crippen LogP) is 5.39. The second-order valence-corrected chi connectivity index (χ2v) is 8.82. The number of carbonyl (C=O) groups is 1. The fourth-order valence-electron chi connectivity index (χ4n) is 3.87. The topological polar surface area (TPSA) is 73.6 Å². The largest absolute Gasteiger partial charge is 0.487 e. The Morgan fingerprint density at radius 2 is 1.88 bits per heavy atom. The number of aliphatic hydroxyl groups excluding tert-OH is 1. The molecule has 166 valence electrons. The maximum Gasteiger partial charge on any atom is 0.419 e. The Kier molecular flexibility index (Phi) is 5.89. The van der Waals surface area contributed by atoms with Crippen molar-refractivity contribution in [2.75, 3.05) is 6.61 Å². The van der Waals surface area contributed by atoms with Crippen LogP contribution in [-0.4, -0.2) is 33.0 Å². The smallest absolute Gasteiger partial charge is 0.419 e. The lowest BCUT2D eigenvalue weighted by Crippen LogP contribution is -2.27. The summed E-state index contributed by atoms with van der Waals surface area (Å²) in [4.78, 5) is 17.5. The van der Waals surface area contributed by atoms with Crippen molar-refractivity contribution in [2.24, 2.45) is 0 Å². The van der Waals surface area contributed by atoms with E-state index in [9.17, 15) is 9.90 Å². The molecule has 0 atom stereocenters. The molecular formula is C26H28N2O4. The molecule has 0 saturated heterocycles. The first kappa shape index (κ1) is 21.8. The van der Waals surface area contributed by atoms with Crippen molar-refractivity contribution in [2.45, 2.75) is 46.3 Å². The molecule has 0 aliphatic heterocycles. The van der Waals surface area contributed by atoms with Gasteiger partial charge in [0.25, 0.3) is 0 Å². The van der Waals surface area contributed by atoms with Crippen LogP contribution in [0, 0.1) is 6.92 Å². The SMILES string of the molecule is Cc1c(CCO)c2cc(OCc3ccc4ccccc4n3)ccc2n1C(=O)OC(C)(C)C. The molecule has 2 aromatic carbocycles. The van der Waals surface area contributed by atoms with Crippen molar-refractivity contribution < 1.29 is 19.4 Å². The van der Waals surface area contributed by atoms with Crippen molar-refractivity contribution in [3.63, 3.8) is 0 Å². The van der Waals surface area contributed by atoms with E-state index in [1.54, 1.807) is 4.57 Å². The summed E-state index contributed by atoms with van der Waals surface area (Å²) >= 11 is 0. The van der Waals surface area contributed by atoms with Crippen LogP contribution in [-0.2, 0) is 17.8 Å². The van der Waals surface area contributed by atoms with Gasteiger partial charge in [0.05, 0.1) is 16.7 Å². The van der Waals surface area contributed by atoms with Gasteiger partial charge in [-0.25, -0.2) is 14.3 Å². The Hall–Kier alpha value is -3.38. The van der Waals surface area contributed by atoms with Crippen LogP contribution in [0.2, 0.25) is 0 Å². The second kappa shape index (κ2) is 8.63. The third-order valence-electron chi connectivity index (χ3n) is 5.29. The molecule has 2 heterocycles. The van der Waals surface area contributed by atoms with Crippen molar-refractivity contribution in [3.8, 4) is 5.75 Å². The number of pyridine rings is 1. The highest BCUT2D eigenvalue weighted by atomic mass is 16.6. The number of benzene rings is 2. The summed E-state index contributed by atoms with van der Waals surface area (Å²) in [5, 5.41) is 11.5. The molecule has 0 spiro atoms. The lowest BCUT2D eigenvalue weighted by Gasteiger charge is -2.20. The van der Waals surface area contributed by atoms with Gasteiger partial charge in [-0.1, -0.05) is 24.3 Å². The fourth-order valence-corrected chi connectivity index (χ4v) is 3.87. The van der Waals surface area contributed by atoms with E-state index in [4.69, 9.17) is 9.47 Å². The summed E-state index contributed by atoms with van der Waals surface area (Å²) in [6.45, 7) is 7.71. The highest BCUT2D eigenvalue weighted by molar-refractivity contribution is 5.94. The van der Waals surface area contributed by atoms with E-state index >= 15 is 0 Å². The van der Waals surface area contributed by atoms with Gasteiger partial charge >= 0.3 is 6.09 Å². The molecule has 1 N–H and O–H groups in total. The molecule has 0 unspecified atom stereocenters. The summed E-state index contributed by atoms with van der Waals surface area (Å²) in [6.07, 6.45) is 0.00611. The minimum Gasteiger partial charge on any atom is -0.487 e. The van der Waals surface area contributed by atoms with Crippen LogP contribution in [0.4, 0.5) is 4.79 Å². The van der Waals surface area contributed by atoms with Crippen molar-refractivity contribution >= 4 is 27.9 Å². The Labute approximate surface area is 187 Å². The zero-order chi connectivity index (χ0) is 22.9. The van der Waals surface area contributed by atoms with Gasteiger partial charge in [-0.3, -0.25) is 0 Å². The first-order valence-electron chi connectivity index (χ1n) is 10.7. The van der Waals surface area contributed by atoms with E-state index in [1.165, 1.54) is 0 Å². The third kappa shape index (κ3) is 4.46. The van der Waals surface area contributed by atoms with Gasteiger partial charge in [-0.2, -0.15) is 0 Å². The van der Waals surface area contributed by atoms with Gasteiger partial charge in [0.15, 0.2) is 0 Å². The molecule has 0 amide bonds. The maximum absolute atomic E-state index is 12.9. The highest BCUT2D eigenvalue weighted by Gasteiger charge is 2.24. The number of carbonyl (C=O) groups excluding carboxylic acids is 1. The molecule has 0 aliphatic rings. The van der Waals surface area contributed by atoms with Crippen LogP contribution in [0.5, 0.6) is 5.75 Å². The maximum atomic E-state index is 12.9.